The smallest absolute Gasteiger partial charge is 0.336 e. The van der Waals surface area contributed by atoms with Crippen molar-refractivity contribution in [3.05, 3.63) is 93.8 Å². The summed E-state index contributed by atoms with van der Waals surface area (Å²) in [6, 6.07) is 13.2. The van der Waals surface area contributed by atoms with E-state index >= 15 is 0 Å². The lowest BCUT2D eigenvalue weighted by Crippen LogP contribution is -2.38. The summed E-state index contributed by atoms with van der Waals surface area (Å²) in [5.74, 6) is -3.50. The Morgan fingerprint density at radius 2 is 1.82 bits per heavy atom. The summed E-state index contributed by atoms with van der Waals surface area (Å²) in [6.45, 7) is 5.93. The molecule has 2 aromatic rings. The molecule has 0 radical (unpaired) electrons. The molecule has 1 heterocycles. The van der Waals surface area contributed by atoms with Gasteiger partial charge in [-0.1, -0.05) is 50.2 Å². The normalized spacial score (nSPS) is 19.8. The van der Waals surface area contributed by atoms with E-state index in [9.17, 15) is 18.4 Å². The first kappa shape index (κ1) is 22.9. The van der Waals surface area contributed by atoms with Crippen LogP contribution in [0.25, 0.3) is 0 Å². The Labute approximate surface area is 192 Å². The van der Waals surface area contributed by atoms with Crippen molar-refractivity contribution in [1.29, 1.82) is 0 Å². The summed E-state index contributed by atoms with van der Waals surface area (Å²) in [7, 11) is 0. The van der Waals surface area contributed by atoms with Crippen LogP contribution in [0.5, 0.6) is 0 Å². The fourth-order valence-electron chi connectivity index (χ4n) is 4.72. The van der Waals surface area contributed by atoms with E-state index in [0.717, 1.165) is 23.4 Å². The van der Waals surface area contributed by atoms with Gasteiger partial charge in [-0.15, -0.1) is 0 Å². The SMILES string of the molecule is CC1=C(C(=O)OCCc2ccccc2)C(c2ccc(F)c(F)c2)C2=C(CC(C)(C)CC2=O)N1. The molecule has 0 aromatic heterocycles. The zero-order valence-electron chi connectivity index (χ0n) is 19.0. The molecule has 1 aliphatic carbocycles. The molecule has 0 saturated heterocycles. The number of carbonyl (C=O) groups excluding carboxylic acids is 2. The Morgan fingerprint density at radius 3 is 2.52 bits per heavy atom. The van der Waals surface area contributed by atoms with Gasteiger partial charge in [0.1, 0.15) is 0 Å². The van der Waals surface area contributed by atoms with Gasteiger partial charge in [0.15, 0.2) is 17.4 Å². The van der Waals surface area contributed by atoms with Gasteiger partial charge in [0.25, 0.3) is 0 Å². The molecule has 0 spiro atoms. The summed E-state index contributed by atoms with van der Waals surface area (Å²) >= 11 is 0. The van der Waals surface area contributed by atoms with Gasteiger partial charge in [-0.2, -0.15) is 0 Å². The average molecular weight is 452 g/mol. The highest BCUT2D eigenvalue weighted by molar-refractivity contribution is 6.04. The maximum Gasteiger partial charge on any atom is 0.336 e. The molecule has 1 atom stereocenters. The highest BCUT2D eigenvalue weighted by Gasteiger charge is 2.43. The zero-order chi connectivity index (χ0) is 23.8. The minimum absolute atomic E-state index is 0.106. The van der Waals surface area contributed by atoms with Gasteiger partial charge in [-0.05, 0) is 42.0 Å². The molecule has 4 nitrogen and oxygen atoms in total. The van der Waals surface area contributed by atoms with Gasteiger partial charge in [-0.3, -0.25) is 4.79 Å². The molecule has 2 aromatic carbocycles. The average Bonchev–Trinajstić information content (AvgIpc) is 2.74. The third-order valence-electron chi connectivity index (χ3n) is 6.20. The van der Waals surface area contributed by atoms with Crippen LogP contribution < -0.4 is 5.32 Å². The number of rotatable bonds is 5. The molecule has 172 valence electrons. The van der Waals surface area contributed by atoms with E-state index in [1.165, 1.54) is 6.07 Å². The lowest BCUT2D eigenvalue weighted by Gasteiger charge is -2.39. The first-order chi connectivity index (χ1) is 15.7. The van der Waals surface area contributed by atoms with Gasteiger partial charge in [0.2, 0.25) is 0 Å². The fourth-order valence-corrected chi connectivity index (χ4v) is 4.72. The van der Waals surface area contributed by atoms with E-state index in [2.05, 4.69) is 5.32 Å². The Morgan fingerprint density at radius 1 is 1.09 bits per heavy atom. The number of esters is 1. The van der Waals surface area contributed by atoms with Gasteiger partial charge in [0.05, 0.1) is 12.2 Å². The standard InChI is InChI=1S/C27H27F2NO3/c1-16-23(26(32)33-12-11-17-7-5-4-6-8-17)24(18-9-10-19(28)20(29)13-18)25-21(30-16)14-27(2,3)15-22(25)31/h4-10,13,24,30H,11-12,14-15H2,1-3H3. The van der Waals surface area contributed by atoms with Crippen molar-refractivity contribution in [3.63, 3.8) is 0 Å². The van der Waals surface area contributed by atoms with Gasteiger partial charge < -0.3 is 10.1 Å². The van der Waals surface area contributed by atoms with E-state index in [1.807, 2.05) is 44.2 Å². The van der Waals surface area contributed by atoms with E-state index in [4.69, 9.17) is 4.74 Å². The second-order valence-corrected chi connectivity index (χ2v) is 9.47. The van der Waals surface area contributed by atoms with Crippen LogP contribution >= 0.6 is 0 Å². The van der Waals surface area contributed by atoms with Gasteiger partial charge >= 0.3 is 5.97 Å². The lowest BCUT2D eigenvalue weighted by atomic mass is 9.68. The second-order valence-electron chi connectivity index (χ2n) is 9.47. The molecule has 1 unspecified atom stereocenters. The van der Waals surface area contributed by atoms with Crippen molar-refractivity contribution in [1.82, 2.24) is 5.32 Å². The summed E-state index contributed by atoms with van der Waals surface area (Å²) in [5.41, 5.74) is 3.11. The third kappa shape index (κ3) is 4.75. The predicted octanol–water partition coefficient (Wildman–Crippen LogP) is 5.35. The molecule has 4 rings (SSSR count). The van der Waals surface area contributed by atoms with Crippen molar-refractivity contribution in [2.24, 2.45) is 5.41 Å². The number of ketones is 1. The minimum atomic E-state index is -1.02. The monoisotopic (exact) mass is 451 g/mol. The number of allylic oxidation sites excluding steroid dienone is 3. The van der Waals surface area contributed by atoms with Crippen molar-refractivity contribution in [3.8, 4) is 0 Å². The highest BCUT2D eigenvalue weighted by Crippen LogP contribution is 2.46. The van der Waals surface area contributed by atoms with E-state index < -0.39 is 23.5 Å². The Bertz CT molecular complexity index is 1170. The summed E-state index contributed by atoms with van der Waals surface area (Å²) in [4.78, 5) is 26.4. The Kier molecular flexibility index (Phi) is 6.19. The van der Waals surface area contributed by atoms with Crippen LogP contribution in [0.15, 0.2) is 71.1 Å². The summed E-state index contributed by atoms with van der Waals surface area (Å²) < 4.78 is 33.4. The molecule has 33 heavy (non-hydrogen) atoms. The van der Waals surface area contributed by atoms with E-state index in [0.29, 0.717) is 36.1 Å². The number of hydrogen-bond donors (Lipinski definition) is 1. The summed E-state index contributed by atoms with van der Waals surface area (Å²) in [5, 5.41) is 3.24. The highest BCUT2D eigenvalue weighted by atomic mass is 19.2. The first-order valence-electron chi connectivity index (χ1n) is 11.1. The van der Waals surface area contributed by atoms with Gasteiger partial charge in [-0.25, -0.2) is 13.6 Å². The minimum Gasteiger partial charge on any atom is -0.462 e. The van der Waals surface area contributed by atoms with Crippen LogP contribution in [-0.2, 0) is 20.7 Å². The first-order valence-corrected chi connectivity index (χ1v) is 11.1. The maximum absolute atomic E-state index is 14.2. The Hall–Kier alpha value is -3.28. The molecular weight excluding hydrogens is 424 g/mol. The molecule has 0 saturated carbocycles. The number of hydrogen-bond acceptors (Lipinski definition) is 4. The summed E-state index contributed by atoms with van der Waals surface area (Å²) in [6.07, 6.45) is 1.47. The topological polar surface area (TPSA) is 55.4 Å². The van der Waals surface area contributed by atoms with Crippen molar-refractivity contribution >= 4 is 11.8 Å². The van der Waals surface area contributed by atoms with Crippen LogP contribution in [0.1, 0.15) is 50.7 Å². The molecule has 0 fully saturated rings. The Balaban J connectivity index is 1.69. The van der Waals surface area contributed by atoms with Crippen molar-refractivity contribution < 1.29 is 23.1 Å². The molecule has 0 amide bonds. The fraction of sp³-hybridized carbons (Fsp3) is 0.333. The maximum atomic E-state index is 14.2. The molecule has 1 N–H and O–H groups in total. The molecule has 2 aliphatic rings. The molecular formula is C27H27F2NO3. The molecule has 6 heteroatoms. The quantitative estimate of drug-likeness (QED) is 0.623. The number of Topliss-reactive ketones (excluding diaryl/α,β-unsaturated/α-hetero) is 1. The van der Waals surface area contributed by atoms with Gasteiger partial charge in [0, 0.05) is 35.7 Å². The lowest BCUT2D eigenvalue weighted by molar-refractivity contribution is -0.139. The van der Waals surface area contributed by atoms with Crippen molar-refractivity contribution in [2.45, 2.75) is 46.0 Å². The van der Waals surface area contributed by atoms with E-state index in [-0.39, 0.29) is 23.4 Å². The number of ether oxygens (including phenoxy) is 1. The van der Waals surface area contributed by atoms with Crippen LogP contribution in [-0.4, -0.2) is 18.4 Å². The largest absolute Gasteiger partial charge is 0.462 e. The number of dihydropyridines is 1. The molecule has 0 bridgehead atoms. The zero-order valence-corrected chi connectivity index (χ0v) is 19.0. The van der Waals surface area contributed by atoms with E-state index in [1.54, 1.807) is 6.92 Å². The second kappa shape index (κ2) is 8.93. The van der Waals surface area contributed by atoms with Crippen molar-refractivity contribution in [2.75, 3.05) is 6.61 Å². The third-order valence-corrected chi connectivity index (χ3v) is 6.20. The van der Waals surface area contributed by atoms with Crippen LogP contribution in [0, 0.1) is 17.0 Å². The molecule has 1 aliphatic heterocycles. The van der Waals surface area contributed by atoms with Crippen LogP contribution in [0.2, 0.25) is 0 Å². The number of benzene rings is 2. The predicted molar refractivity (Wildman–Crippen MR) is 121 cm³/mol. The van der Waals surface area contributed by atoms with Crippen LogP contribution in [0.4, 0.5) is 8.78 Å². The number of nitrogens with one attached hydrogen (secondary N) is 1. The van der Waals surface area contributed by atoms with Crippen LogP contribution in [0.3, 0.4) is 0 Å². The number of halogens is 2. The number of carbonyl (C=O) groups is 2.